The van der Waals surface area contributed by atoms with Crippen molar-refractivity contribution >= 4 is 29.7 Å². The molecular formula is C20H27N7. The minimum Gasteiger partial charge on any atom is -0.345 e. The highest BCUT2D eigenvalue weighted by atomic mass is 15.4. The first-order chi connectivity index (χ1) is 13.2. The van der Waals surface area contributed by atoms with E-state index in [4.69, 9.17) is 15.8 Å². The summed E-state index contributed by atoms with van der Waals surface area (Å²) in [5, 5.41) is 19.8. The van der Waals surface area contributed by atoms with Gasteiger partial charge in [-0.15, -0.1) is 0 Å². The Morgan fingerprint density at radius 3 is 2.63 bits per heavy atom. The van der Waals surface area contributed by atoms with E-state index in [9.17, 15) is 0 Å². The van der Waals surface area contributed by atoms with Crippen LogP contribution in [-0.2, 0) is 0 Å². The predicted octanol–water partition coefficient (Wildman–Crippen LogP) is 3.16. The molecule has 27 heavy (non-hydrogen) atoms. The summed E-state index contributed by atoms with van der Waals surface area (Å²) in [5.74, 6) is 2.07. The second kappa shape index (κ2) is 7.50. The number of hydrogen-bond acceptors (Lipinski definition) is 6. The first-order valence-corrected chi connectivity index (χ1v) is 9.83. The molecule has 1 saturated carbocycles. The van der Waals surface area contributed by atoms with E-state index in [0.29, 0.717) is 24.4 Å². The molecule has 1 aromatic rings. The predicted molar refractivity (Wildman–Crippen MR) is 110 cm³/mol. The van der Waals surface area contributed by atoms with Crippen LogP contribution in [0, 0.1) is 10.8 Å². The average molecular weight is 365 g/mol. The molecule has 7 nitrogen and oxygen atoms in total. The third-order valence-electron chi connectivity index (χ3n) is 5.74. The number of amidine groups is 2. The summed E-state index contributed by atoms with van der Waals surface area (Å²) in [5.41, 5.74) is 0.964. The molecule has 142 valence electrons. The molecule has 2 aliphatic heterocycles. The largest absolute Gasteiger partial charge is 0.345 e. The zero-order chi connectivity index (χ0) is 18.8. The molecule has 3 aliphatic rings. The Kier molecular flexibility index (Phi) is 4.92. The van der Waals surface area contributed by atoms with Crippen LogP contribution in [0.1, 0.15) is 39.0 Å². The number of hydrogen-bond donors (Lipinski definition) is 3. The molecule has 1 unspecified atom stereocenters. The van der Waals surface area contributed by atoms with Crippen LogP contribution in [0.15, 0.2) is 40.3 Å². The smallest absolute Gasteiger partial charge is 0.224 e. The molecule has 2 fully saturated rings. The van der Waals surface area contributed by atoms with Gasteiger partial charge in [0.05, 0.1) is 18.9 Å². The summed E-state index contributed by atoms with van der Waals surface area (Å²) >= 11 is 0. The number of nitrogens with one attached hydrogen (secondary N) is 3. The van der Waals surface area contributed by atoms with Crippen LogP contribution < -0.4 is 5.32 Å². The lowest BCUT2D eigenvalue weighted by molar-refractivity contribution is 0.229. The normalized spacial score (nSPS) is 25.7. The standard InChI is InChI=1S/C20H27N7/c1-2-16-18(22)26(13-21)17-12-23-20(24-14-8-4-3-5-9-14)25-19(17)27(16)15-10-6-7-11-15/h3-5,8-9,13,15-17,21-22H,2,6-7,10-12H2,1H3,(H,23,24)/t16-,17?/m1/s1. The Labute approximate surface area is 160 Å². The first-order valence-electron chi connectivity index (χ1n) is 9.83. The van der Waals surface area contributed by atoms with Gasteiger partial charge in [0.15, 0.2) is 0 Å². The molecule has 0 aromatic heterocycles. The fourth-order valence-corrected chi connectivity index (χ4v) is 4.44. The van der Waals surface area contributed by atoms with Crippen molar-refractivity contribution in [2.45, 2.75) is 57.2 Å². The van der Waals surface area contributed by atoms with Crippen molar-refractivity contribution in [3.8, 4) is 0 Å². The van der Waals surface area contributed by atoms with Gasteiger partial charge >= 0.3 is 0 Å². The molecule has 0 bridgehead atoms. The van der Waals surface area contributed by atoms with E-state index < -0.39 is 0 Å². The lowest BCUT2D eigenvalue weighted by Crippen LogP contribution is -2.67. The van der Waals surface area contributed by atoms with Crippen molar-refractivity contribution in [3.63, 3.8) is 0 Å². The maximum Gasteiger partial charge on any atom is 0.224 e. The second-order valence-corrected chi connectivity index (χ2v) is 7.33. The summed E-state index contributed by atoms with van der Waals surface area (Å²) < 4.78 is 0. The van der Waals surface area contributed by atoms with Crippen molar-refractivity contribution in [2.75, 3.05) is 11.9 Å². The topological polar surface area (TPSA) is 90.9 Å². The molecule has 1 saturated heterocycles. The van der Waals surface area contributed by atoms with Gasteiger partial charge in [-0.2, -0.15) is 4.99 Å². The summed E-state index contributed by atoms with van der Waals surface area (Å²) in [6, 6.07) is 10.2. The number of fused-ring (bicyclic) bond motifs is 1. The van der Waals surface area contributed by atoms with Crippen molar-refractivity contribution in [3.05, 3.63) is 30.3 Å². The van der Waals surface area contributed by atoms with E-state index in [0.717, 1.165) is 30.8 Å². The van der Waals surface area contributed by atoms with Gasteiger partial charge in [0.2, 0.25) is 5.96 Å². The van der Waals surface area contributed by atoms with Crippen LogP contribution >= 0.6 is 0 Å². The van der Waals surface area contributed by atoms with Crippen LogP contribution in [0.5, 0.6) is 0 Å². The Bertz CT molecular complexity index is 764. The Balaban J connectivity index is 1.69. The third kappa shape index (κ3) is 3.22. The van der Waals surface area contributed by atoms with Crippen LogP contribution in [-0.4, -0.2) is 58.4 Å². The Morgan fingerprint density at radius 1 is 1.22 bits per heavy atom. The SMILES string of the molecule is CC[C@@H]1C(=N)N(C=N)C2CN=C(Nc3ccccc3)N=C2N1C1CCCC1. The summed E-state index contributed by atoms with van der Waals surface area (Å²) in [6.07, 6.45) is 6.88. The highest BCUT2D eigenvalue weighted by Crippen LogP contribution is 2.32. The lowest BCUT2D eigenvalue weighted by atomic mass is 9.98. The van der Waals surface area contributed by atoms with Crippen molar-refractivity contribution in [2.24, 2.45) is 9.98 Å². The second-order valence-electron chi connectivity index (χ2n) is 7.33. The number of aliphatic imine (C=N–C) groups is 2. The van der Waals surface area contributed by atoms with E-state index in [1.807, 2.05) is 30.3 Å². The molecule has 0 radical (unpaired) electrons. The van der Waals surface area contributed by atoms with Gasteiger partial charge in [0, 0.05) is 11.7 Å². The maximum absolute atomic E-state index is 8.66. The number of nitrogens with zero attached hydrogens (tertiary/aromatic N) is 4. The van der Waals surface area contributed by atoms with Crippen molar-refractivity contribution in [1.29, 1.82) is 10.8 Å². The molecule has 2 atom stereocenters. The number of anilines is 1. The molecule has 0 amide bonds. The summed E-state index contributed by atoms with van der Waals surface area (Å²) in [7, 11) is 0. The van der Waals surface area contributed by atoms with E-state index in [1.54, 1.807) is 4.90 Å². The van der Waals surface area contributed by atoms with Gasteiger partial charge in [-0.25, -0.2) is 4.99 Å². The van der Waals surface area contributed by atoms with E-state index in [2.05, 4.69) is 22.1 Å². The quantitative estimate of drug-likeness (QED) is 0.565. The van der Waals surface area contributed by atoms with Gasteiger partial charge in [-0.1, -0.05) is 38.0 Å². The Morgan fingerprint density at radius 2 is 1.96 bits per heavy atom. The zero-order valence-electron chi connectivity index (χ0n) is 15.7. The summed E-state index contributed by atoms with van der Waals surface area (Å²) in [6.45, 7) is 2.62. The number of piperazine rings is 1. The first kappa shape index (κ1) is 17.7. The highest BCUT2D eigenvalue weighted by Gasteiger charge is 2.45. The van der Waals surface area contributed by atoms with Gasteiger partial charge in [-0.3, -0.25) is 10.8 Å². The highest BCUT2D eigenvalue weighted by molar-refractivity contribution is 6.12. The minimum atomic E-state index is -0.153. The zero-order valence-corrected chi connectivity index (χ0v) is 15.7. The van der Waals surface area contributed by atoms with Crippen LogP contribution in [0.2, 0.25) is 0 Å². The monoisotopic (exact) mass is 365 g/mol. The number of guanidine groups is 1. The molecular weight excluding hydrogens is 338 g/mol. The Hall–Kier alpha value is -2.70. The van der Waals surface area contributed by atoms with Gasteiger partial charge in [-0.05, 0) is 31.4 Å². The molecule has 1 aliphatic carbocycles. The lowest BCUT2D eigenvalue weighted by Gasteiger charge is -2.50. The minimum absolute atomic E-state index is 0.0271. The van der Waals surface area contributed by atoms with Gasteiger partial charge < -0.3 is 15.1 Å². The van der Waals surface area contributed by atoms with Gasteiger partial charge in [0.25, 0.3) is 0 Å². The molecule has 0 spiro atoms. The van der Waals surface area contributed by atoms with Gasteiger partial charge in [0.1, 0.15) is 17.7 Å². The van der Waals surface area contributed by atoms with E-state index in [1.165, 1.54) is 19.2 Å². The van der Waals surface area contributed by atoms with E-state index >= 15 is 0 Å². The van der Waals surface area contributed by atoms with Crippen molar-refractivity contribution < 1.29 is 0 Å². The fourth-order valence-electron chi connectivity index (χ4n) is 4.44. The molecule has 7 heteroatoms. The number of para-hydroxylation sites is 1. The molecule has 3 N–H and O–H groups in total. The maximum atomic E-state index is 8.66. The van der Waals surface area contributed by atoms with Crippen molar-refractivity contribution in [1.82, 2.24) is 9.80 Å². The average Bonchev–Trinajstić information content (AvgIpc) is 3.22. The third-order valence-corrected chi connectivity index (χ3v) is 5.74. The number of rotatable bonds is 4. The van der Waals surface area contributed by atoms with Crippen LogP contribution in [0.4, 0.5) is 5.69 Å². The van der Waals surface area contributed by atoms with Crippen LogP contribution in [0.3, 0.4) is 0 Å². The molecule has 2 heterocycles. The van der Waals surface area contributed by atoms with E-state index in [-0.39, 0.29) is 12.1 Å². The molecule has 4 rings (SSSR count). The fraction of sp³-hybridized carbons (Fsp3) is 0.500. The number of benzene rings is 1. The summed E-state index contributed by atoms with van der Waals surface area (Å²) in [4.78, 5) is 13.6. The van der Waals surface area contributed by atoms with Crippen LogP contribution in [0.25, 0.3) is 0 Å². The molecule has 1 aromatic carbocycles.